The van der Waals surface area contributed by atoms with Gasteiger partial charge < -0.3 is 15.1 Å². The van der Waals surface area contributed by atoms with Crippen molar-refractivity contribution in [2.45, 2.75) is 37.6 Å². The summed E-state index contributed by atoms with van der Waals surface area (Å²) in [6, 6.07) is 23.8. The van der Waals surface area contributed by atoms with Crippen LogP contribution in [0.2, 0.25) is 0 Å². The second-order valence-electron chi connectivity index (χ2n) is 9.74. The summed E-state index contributed by atoms with van der Waals surface area (Å²) in [5.74, 6) is -0.0629. The first-order valence-corrected chi connectivity index (χ1v) is 13.8. The highest BCUT2D eigenvalue weighted by molar-refractivity contribution is 8.04. The van der Waals surface area contributed by atoms with Gasteiger partial charge in [0.1, 0.15) is 0 Å². The molecule has 0 spiro atoms. The monoisotopic (exact) mass is 511 g/mol. The van der Waals surface area contributed by atoms with Crippen molar-refractivity contribution in [2.75, 3.05) is 31.1 Å². The molecule has 0 atom stereocenters. The maximum Gasteiger partial charge on any atom is 0.265 e. The highest BCUT2D eigenvalue weighted by Crippen LogP contribution is 2.42. The Hall–Kier alpha value is -3.35. The van der Waals surface area contributed by atoms with Gasteiger partial charge >= 0.3 is 0 Å². The number of carbonyl (C=O) groups is 2. The molecular weight excluding hydrogens is 478 g/mol. The molecule has 0 aliphatic carbocycles. The van der Waals surface area contributed by atoms with E-state index in [9.17, 15) is 9.59 Å². The molecule has 1 fully saturated rings. The predicted molar refractivity (Wildman–Crippen MR) is 152 cm³/mol. The van der Waals surface area contributed by atoms with Gasteiger partial charge in [0.15, 0.2) is 0 Å². The number of amides is 2. The van der Waals surface area contributed by atoms with Crippen molar-refractivity contribution in [1.29, 1.82) is 0 Å². The van der Waals surface area contributed by atoms with E-state index in [1.54, 1.807) is 0 Å². The molecule has 5 nitrogen and oxygen atoms in total. The molecule has 0 radical (unpaired) electrons. The number of hydrogen-bond donors (Lipinski definition) is 1. The Balaban J connectivity index is 1.26. The molecule has 6 heteroatoms. The molecule has 2 aliphatic heterocycles. The molecule has 2 amide bonds. The third kappa shape index (κ3) is 6.32. The van der Waals surface area contributed by atoms with E-state index < -0.39 is 0 Å². The highest BCUT2D eigenvalue weighted by atomic mass is 32.2. The standard InChI is InChI=1S/C31H33N3O2S/c1-23-8-6-9-25(20-23)22-34-27-10-2-3-11-28(27)37-29(31(34)36)21-24-12-14-26(15-13-24)30(35)32-16-7-19-33-17-4-5-18-33/h2-3,6,8-15,20-21H,4-5,7,16-19,22H2,1H3,(H,32,35). The fourth-order valence-electron chi connectivity index (χ4n) is 4.91. The van der Waals surface area contributed by atoms with Crippen LogP contribution >= 0.6 is 11.8 Å². The normalized spacial score (nSPS) is 16.7. The molecule has 0 bridgehead atoms. The van der Waals surface area contributed by atoms with Gasteiger partial charge in [-0.3, -0.25) is 9.59 Å². The molecule has 5 rings (SSSR count). The van der Waals surface area contributed by atoms with Gasteiger partial charge in [0, 0.05) is 17.0 Å². The Kier molecular flexibility index (Phi) is 8.07. The number of para-hydroxylation sites is 1. The molecule has 0 saturated carbocycles. The van der Waals surface area contributed by atoms with Crippen molar-refractivity contribution in [3.8, 4) is 0 Å². The van der Waals surface area contributed by atoms with Crippen LogP contribution in [0, 0.1) is 6.92 Å². The highest BCUT2D eigenvalue weighted by Gasteiger charge is 2.29. The summed E-state index contributed by atoms with van der Waals surface area (Å²) >= 11 is 1.50. The first-order valence-electron chi connectivity index (χ1n) is 13.0. The van der Waals surface area contributed by atoms with Gasteiger partial charge in [-0.15, -0.1) is 0 Å². The quantitative estimate of drug-likeness (QED) is 0.303. The van der Waals surface area contributed by atoms with Gasteiger partial charge in [-0.25, -0.2) is 0 Å². The average molecular weight is 512 g/mol. The number of benzene rings is 3. The number of aryl methyl sites for hydroxylation is 1. The van der Waals surface area contributed by atoms with E-state index >= 15 is 0 Å². The van der Waals surface area contributed by atoms with Gasteiger partial charge in [-0.05, 0) is 87.3 Å². The number of thioether (sulfide) groups is 1. The zero-order chi connectivity index (χ0) is 25.6. The summed E-state index contributed by atoms with van der Waals surface area (Å²) in [7, 11) is 0. The van der Waals surface area contributed by atoms with Crippen molar-refractivity contribution < 1.29 is 9.59 Å². The maximum absolute atomic E-state index is 13.6. The van der Waals surface area contributed by atoms with Crippen molar-refractivity contribution in [2.24, 2.45) is 0 Å². The molecular formula is C31H33N3O2S. The van der Waals surface area contributed by atoms with Gasteiger partial charge in [0.05, 0.1) is 17.1 Å². The lowest BCUT2D eigenvalue weighted by molar-refractivity contribution is -0.114. The summed E-state index contributed by atoms with van der Waals surface area (Å²) < 4.78 is 0. The Morgan fingerprint density at radius 1 is 1.00 bits per heavy atom. The van der Waals surface area contributed by atoms with E-state index in [4.69, 9.17) is 0 Å². The predicted octanol–water partition coefficient (Wildman–Crippen LogP) is 5.89. The molecule has 2 aliphatic rings. The summed E-state index contributed by atoms with van der Waals surface area (Å²) in [6.07, 6.45) is 5.46. The SMILES string of the molecule is Cc1cccc(CN2C(=O)C(=Cc3ccc(C(=O)NCCCN4CCCC4)cc3)Sc3ccccc32)c1. The van der Waals surface area contributed by atoms with Crippen LogP contribution in [0.5, 0.6) is 0 Å². The van der Waals surface area contributed by atoms with Gasteiger partial charge in [-0.2, -0.15) is 0 Å². The second-order valence-corrected chi connectivity index (χ2v) is 10.8. The summed E-state index contributed by atoms with van der Waals surface area (Å²) in [5.41, 5.74) is 4.75. The smallest absolute Gasteiger partial charge is 0.265 e. The molecule has 2 heterocycles. The van der Waals surface area contributed by atoms with E-state index in [1.807, 2.05) is 59.5 Å². The minimum absolute atomic E-state index is 0.00923. The van der Waals surface area contributed by atoms with Crippen LogP contribution in [0.3, 0.4) is 0 Å². The van der Waals surface area contributed by atoms with E-state index in [0.717, 1.165) is 34.7 Å². The number of fused-ring (bicyclic) bond motifs is 1. The average Bonchev–Trinajstić information content (AvgIpc) is 3.43. The van der Waals surface area contributed by atoms with E-state index in [2.05, 4.69) is 41.4 Å². The van der Waals surface area contributed by atoms with Crippen molar-refractivity contribution in [3.05, 3.63) is 100.0 Å². The van der Waals surface area contributed by atoms with Crippen LogP contribution in [0.1, 0.15) is 46.3 Å². The third-order valence-corrected chi connectivity index (χ3v) is 7.94. The van der Waals surface area contributed by atoms with Gasteiger partial charge in [-0.1, -0.05) is 65.9 Å². The number of rotatable bonds is 8. The Bertz CT molecular complexity index is 1300. The molecule has 1 saturated heterocycles. The molecule has 190 valence electrons. The molecule has 37 heavy (non-hydrogen) atoms. The molecule has 3 aromatic carbocycles. The first kappa shape index (κ1) is 25.3. The van der Waals surface area contributed by atoms with Crippen molar-refractivity contribution in [3.63, 3.8) is 0 Å². The number of likely N-dealkylation sites (tertiary alicyclic amines) is 1. The number of carbonyl (C=O) groups excluding carboxylic acids is 2. The minimum atomic E-state index is -0.0537. The number of nitrogens with one attached hydrogen (secondary N) is 1. The Morgan fingerprint density at radius 3 is 2.57 bits per heavy atom. The van der Waals surface area contributed by atoms with E-state index in [1.165, 1.54) is 43.3 Å². The van der Waals surface area contributed by atoms with Crippen LogP contribution < -0.4 is 10.2 Å². The lowest BCUT2D eigenvalue weighted by Gasteiger charge is -2.30. The third-order valence-electron chi connectivity index (χ3n) is 6.86. The van der Waals surface area contributed by atoms with Crippen LogP contribution in [0.15, 0.2) is 82.6 Å². The fourth-order valence-corrected chi connectivity index (χ4v) is 5.97. The van der Waals surface area contributed by atoms with Crippen molar-refractivity contribution in [1.82, 2.24) is 10.2 Å². The van der Waals surface area contributed by atoms with Crippen molar-refractivity contribution >= 4 is 35.3 Å². The van der Waals surface area contributed by atoms with Crippen LogP contribution in [-0.2, 0) is 11.3 Å². The topological polar surface area (TPSA) is 52.7 Å². The van der Waals surface area contributed by atoms with Crippen LogP contribution in [0.4, 0.5) is 5.69 Å². The molecule has 1 N–H and O–H groups in total. The molecule has 0 aromatic heterocycles. The zero-order valence-electron chi connectivity index (χ0n) is 21.3. The second kappa shape index (κ2) is 11.8. The van der Waals surface area contributed by atoms with E-state index in [0.29, 0.717) is 23.6 Å². The maximum atomic E-state index is 13.6. The largest absolute Gasteiger partial charge is 0.352 e. The van der Waals surface area contributed by atoms with Gasteiger partial charge in [0.2, 0.25) is 0 Å². The van der Waals surface area contributed by atoms with Crippen LogP contribution in [0.25, 0.3) is 6.08 Å². The number of anilines is 1. The van der Waals surface area contributed by atoms with E-state index in [-0.39, 0.29) is 11.8 Å². The fraction of sp³-hybridized carbons (Fsp3) is 0.290. The number of nitrogens with zero attached hydrogens (tertiary/aromatic N) is 2. The Labute approximate surface area is 223 Å². The summed E-state index contributed by atoms with van der Waals surface area (Å²) in [4.78, 5) is 32.2. The lowest BCUT2D eigenvalue weighted by atomic mass is 10.1. The summed E-state index contributed by atoms with van der Waals surface area (Å²) in [6.45, 7) is 6.68. The summed E-state index contributed by atoms with van der Waals surface area (Å²) in [5, 5.41) is 3.03. The molecule has 0 unspecified atom stereocenters. The Morgan fingerprint density at radius 2 is 1.78 bits per heavy atom. The number of hydrogen-bond acceptors (Lipinski definition) is 4. The lowest BCUT2D eigenvalue weighted by Crippen LogP contribution is -2.33. The first-order chi connectivity index (χ1) is 18.1. The zero-order valence-corrected chi connectivity index (χ0v) is 22.1. The minimum Gasteiger partial charge on any atom is -0.352 e. The van der Waals surface area contributed by atoms with Crippen LogP contribution in [-0.4, -0.2) is 42.9 Å². The molecule has 3 aromatic rings. The van der Waals surface area contributed by atoms with Gasteiger partial charge in [0.25, 0.3) is 11.8 Å².